The van der Waals surface area contributed by atoms with E-state index in [1.807, 2.05) is 18.2 Å². The number of ether oxygens (including phenoxy) is 1. The minimum atomic E-state index is -4.46. The van der Waals surface area contributed by atoms with E-state index in [4.69, 9.17) is 4.74 Å². The highest BCUT2D eigenvalue weighted by atomic mass is 19.4. The molecule has 1 unspecified atom stereocenters. The number of carbonyl (C=O) groups excluding carboxylic acids is 1. The summed E-state index contributed by atoms with van der Waals surface area (Å²) in [4.78, 5) is 12.3. The Morgan fingerprint density at radius 2 is 1.67 bits per heavy atom. The average Bonchev–Trinajstić information content (AvgIpc) is 2.89. The van der Waals surface area contributed by atoms with E-state index >= 15 is 0 Å². The molecule has 0 spiro atoms. The average molecular weight is 493 g/mol. The SMILES string of the molecule is CNC(=O)c1cc(OCCNC(C)c2cccc3ccccc23)cc(-c2cccc(C(F)(F)F)c2)c1. The third-order valence-corrected chi connectivity index (χ3v) is 6.03. The molecular weight excluding hydrogens is 465 g/mol. The van der Waals surface area contributed by atoms with Gasteiger partial charge in [-0.2, -0.15) is 13.2 Å². The largest absolute Gasteiger partial charge is 0.492 e. The Hall–Kier alpha value is -3.84. The molecule has 7 heteroatoms. The Morgan fingerprint density at radius 3 is 2.44 bits per heavy atom. The standard InChI is InChI=1S/C29H27F3N2O2/c1-19(26-12-6-8-20-7-3-4-11-27(20)26)34-13-14-36-25-17-22(15-23(18-25)28(35)33-2)21-9-5-10-24(16-21)29(30,31)32/h3-12,15-19,34H,13-14H2,1-2H3,(H,33,35). The third kappa shape index (κ3) is 5.86. The molecule has 0 heterocycles. The maximum absolute atomic E-state index is 13.2. The van der Waals surface area contributed by atoms with E-state index in [0.717, 1.165) is 12.1 Å². The fourth-order valence-corrected chi connectivity index (χ4v) is 4.18. The van der Waals surface area contributed by atoms with Crippen LogP contribution in [0.2, 0.25) is 0 Å². The molecule has 0 aliphatic heterocycles. The van der Waals surface area contributed by atoms with E-state index in [1.165, 1.54) is 29.4 Å². The van der Waals surface area contributed by atoms with Crippen molar-refractivity contribution in [1.29, 1.82) is 0 Å². The molecule has 186 valence electrons. The minimum Gasteiger partial charge on any atom is -0.492 e. The number of nitrogens with one attached hydrogen (secondary N) is 2. The first-order valence-corrected chi connectivity index (χ1v) is 11.6. The van der Waals surface area contributed by atoms with Crippen molar-refractivity contribution in [2.45, 2.75) is 19.1 Å². The number of rotatable bonds is 8. The summed E-state index contributed by atoms with van der Waals surface area (Å²) in [6, 6.07) is 24.3. The molecule has 0 aliphatic rings. The summed E-state index contributed by atoms with van der Waals surface area (Å²) in [6.45, 7) is 2.93. The van der Waals surface area contributed by atoms with E-state index in [1.54, 1.807) is 24.3 Å². The molecule has 4 nitrogen and oxygen atoms in total. The molecule has 1 amide bonds. The first kappa shape index (κ1) is 25.3. The molecule has 0 aliphatic carbocycles. The molecule has 0 saturated carbocycles. The van der Waals surface area contributed by atoms with E-state index in [0.29, 0.717) is 35.6 Å². The number of hydrogen-bond acceptors (Lipinski definition) is 3. The van der Waals surface area contributed by atoms with E-state index in [-0.39, 0.29) is 11.9 Å². The van der Waals surface area contributed by atoms with Crippen molar-refractivity contribution in [2.75, 3.05) is 20.2 Å². The third-order valence-electron chi connectivity index (χ3n) is 6.03. The lowest BCUT2D eigenvalue weighted by molar-refractivity contribution is -0.137. The van der Waals surface area contributed by atoms with Crippen LogP contribution >= 0.6 is 0 Å². The molecule has 1 atom stereocenters. The summed E-state index contributed by atoms with van der Waals surface area (Å²) in [7, 11) is 1.50. The molecule has 0 saturated heterocycles. The van der Waals surface area contributed by atoms with Gasteiger partial charge in [0.2, 0.25) is 0 Å². The summed E-state index contributed by atoms with van der Waals surface area (Å²) >= 11 is 0. The van der Waals surface area contributed by atoms with Crippen LogP contribution in [0.25, 0.3) is 21.9 Å². The molecule has 0 radical (unpaired) electrons. The fraction of sp³-hybridized carbons (Fsp3) is 0.207. The summed E-state index contributed by atoms with van der Waals surface area (Å²) in [5.41, 5.74) is 1.55. The van der Waals surface area contributed by atoms with Crippen LogP contribution in [-0.2, 0) is 6.18 Å². The van der Waals surface area contributed by atoms with Crippen LogP contribution in [-0.4, -0.2) is 26.1 Å². The fourth-order valence-electron chi connectivity index (χ4n) is 4.18. The zero-order valence-electron chi connectivity index (χ0n) is 20.0. The second-order valence-corrected chi connectivity index (χ2v) is 8.50. The Kier molecular flexibility index (Phi) is 7.60. The van der Waals surface area contributed by atoms with Crippen LogP contribution in [0.5, 0.6) is 5.75 Å². The highest BCUT2D eigenvalue weighted by Crippen LogP contribution is 2.33. The Labute approximate surface area is 208 Å². The number of hydrogen-bond donors (Lipinski definition) is 2. The molecule has 0 aromatic heterocycles. The molecule has 0 fully saturated rings. The van der Waals surface area contributed by atoms with Crippen LogP contribution in [0, 0.1) is 0 Å². The van der Waals surface area contributed by atoms with Gasteiger partial charge in [-0.1, -0.05) is 54.6 Å². The van der Waals surface area contributed by atoms with Crippen molar-refractivity contribution in [2.24, 2.45) is 0 Å². The molecule has 0 bridgehead atoms. The van der Waals surface area contributed by atoms with Gasteiger partial charge in [0.15, 0.2) is 0 Å². The van der Waals surface area contributed by atoms with Gasteiger partial charge >= 0.3 is 6.18 Å². The smallest absolute Gasteiger partial charge is 0.416 e. The van der Waals surface area contributed by atoms with Gasteiger partial charge < -0.3 is 15.4 Å². The minimum absolute atomic E-state index is 0.0811. The lowest BCUT2D eigenvalue weighted by Crippen LogP contribution is -2.24. The van der Waals surface area contributed by atoms with Gasteiger partial charge in [-0.15, -0.1) is 0 Å². The number of alkyl halides is 3. The van der Waals surface area contributed by atoms with Gasteiger partial charge in [-0.3, -0.25) is 4.79 Å². The zero-order chi connectivity index (χ0) is 25.7. The number of amides is 1. The predicted molar refractivity (Wildman–Crippen MR) is 136 cm³/mol. The van der Waals surface area contributed by atoms with Gasteiger partial charge in [0, 0.05) is 25.2 Å². The maximum atomic E-state index is 13.2. The van der Waals surface area contributed by atoms with Crippen molar-refractivity contribution >= 4 is 16.7 Å². The normalized spacial score (nSPS) is 12.4. The van der Waals surface area contributed by atoms with Crippen LogP contribution in [0.3, 0.4) is 0 Å². The first-order valence-electron chi connectivity index (χ1n) is 11.6. The van der Waals surface area contributed by atoms with Crippen LogP contribution in [0.15, 0.2) is 84.9 Å². The van der Waals surface area contributed by atoms with E-state index in [9.17, 15) is 18.0 Å². The quantitative estimate of drug-likeness (QED) is 0.272. The Morgan fingerprint density at radius 1 is 0.917 bits per heavy atom. The zero-order valence-corrected chi connectivity index (χ0v) is 20.0. The van der Waals surface area contributed by atoms with Crippen molar-refractivity contribution in [3.8, 4) is 16.9 Å². The first-order chi connectivity index (χ1) is 17.3. The highest BCUT2D eigenvalue weighted by molar-refractivity contribution is 5.96. The second-order valence-electron chi connectivity index (χ2n) is 8.50. The summed E-state index contributed by atoms with van der Waals surface area (Å²) in [6.07, 6.45) is -4.46. The number of fused-ring (bicyclic) bond motifs is 1. The van der Waals surface area contributed by atoms with Crippen LogP contribution in [0.1, 0.15) is 34.5 Å². The molecule has 4 aromatic carbocycles. The second kappa shape index (κ2) is 10.8. The summed E-state index contributed by atoms with van der Waals surface area (Å²) in [5, 5.41) is 8.36. The summed E-state index contributed by atoms with van der Waals surface area (Å²) < 4.78 is 45.5. The lowest BCUT2D eigenvalue weighted by Gasteiger charge is -2.17. The van der Waals surface area contributed by atoms with Gasteiger partial charge in [0.1, 0.15) is 12.4 Å². The van der Waals surface area contributed by atoms with Crippen molar-refractivity contribution in [3.05, 3.63) is 102 Å². The number of halogens is 3. The Bertz CT molecular complexity index is 1360. The summed E-state index contributed by atoms with van der Waals surface area (Å²) in [5.74, 6) is 0.0551. The van der Waals surface area contributed by atoms with Crippen LogP contribution in [0.4, 0.5) is 13.2 Å². The molecule has 4 rings (SSSR count). The topological polar surface area (TPSA) is 50.4 Å². The van der Waals surface area contributed by atoms with Gasteiger partial charge in [-0.05, 0) is 64.7 Å². The van der Waals surface area contributed by atoms with Gasteiger partial charge in [-0.25, -0.2) is 0 Å². The van der Waals surface area contributed by atoms with Gasteiger partial charge in [0.25, 0.3) is 5.91 Å². The van der Waals surface area contributed by atoms with Gasteiger partial charge in [0.05, 0.1) is 5.56 Å². The molecule has 4 aromatic rings. The van der Waals surface area contributed by atoms with Crippen molar-refractivity contribution in [1.82, 2.24) is 10.6 Å². The van der Waals surface area contributed by atoms with Crippen molar-refractivity contribution < 1.29 is 22.7 Å². The highest BCUT2D eigenvalue weighted by Gasteiger charge is 2.30. The number of carbonyl (C=O) groups is 1. The van der Waals surface area contributed by atoms with E-state index in [2.05, 4.69) is 41.8 Å². The van der Waals surface area contributed by atoms with Crippen molar-refractivity contribution in [3.63, 3.8) is 0 Å². The predicted octanol–water partition coefficient (Wildman–Crippen LogP) is 6.61. The number of benzene rings is 4. The maximum Gasteiger partial charge on any atom is 0.416 e. The molecular formula is C29H27F3N2O2. The van der Waals surface area contributed by atoms with Crippen LogP contribution < -0.4 is 15.4 Å². The monoisotopic (exact) mass is 492 g/mol. The van der Waals surface area contributed by atoms with E-state index < -0.39 is 11.7 Å². The molecule has 2 N–H and O–H groups in total. The lowest BCUT2D eigenvalue weighted by atomic mass is 10.00. The Balaban J connectivity index is 1.48. The molecule has 36 heavy (non-hydrogen) atoms.